The van der Waals surface area contributed by atoms with Crippen molar-refractivity contribution in [1.82, 2.24) is 30.2 Å². The van der Waals surface area contributed by atoms with Gasteiger partial charge < -0.3 is 14.4 Å². The molecule has 0 radical (unpaired) electrons. The van der Waals surface area contributed by atoms with Gasteiger partial charge in [0.2, 0.25) is 5.82 Å². The number of benzene rings is 2. The first kappa shape index (κ1) is 24.3. The lowest BCUT2D eigenvalue weighted by molar-refractivity contribution is 0.0469. The Morgan fingerprint density at radius 1 is 1.09 bits per heavy atom. The van der Waals surface area contributed by atoms with Gasteiger partial charge in [0, 0.05) is 18.5 Å². The molecule has 2 N–H and O–H groups in total. The van der Waals surface area contributed by atoms with Gasteiger partial charge in [-0.25, -0.2) is 9.78 Å². The first-order valence-corrected chi connectivity index (χ1v) is 11.7. The van der Waals surface area contributed by atoms with Crippen LogP contribution < -0.4 is 0 Å². The van der Waals surface area contributed by atoms with E-state index >= 15 is 0 Å². The molecule has 4 rings (SSSR count). The molecule has 0 atom stereocenters. The minimum atomic E-state index is -1.28. The molecule has 182 valence electrons. The number of hydrogen-bond donors (Lipinski definition) is 2. The van der Waals surface area contributed by atoms with Crippen molar-refractivity contribution >= 4 is 5.97 Å². The van der Waals surface area contributed by atoms with Crippen LogP contribution in [0.5, 0.6) is 0 Å². The highest BCUT2D eigenvalue weighted by atomic mass is 16.5. The van der Waals surface area contributed by atoms with E-state index in [9.17, 15) is 9.90 Å². The molecule has 2 aromatic carbocycles. The van der Waals surface area contributed by atoms with Gasteiger partial charge in [-0.2, -0.15) is 5.21 Å². The molecule has 0 amide bonds. The van der Waals surface area contributed by atoms with Crippen molar-refractivity contribution in [2.75, 3.05) is 6.61 Å². The Kier molecular flexibility index (Phi) is 7.07. The summed E-state index contributed by atoms with van der Waals surface area (Å²) in [4.78, 5) is 17.6. The van der Waals surface area contributed by atoms with Gasteiger partial charge in [0.05, 0.1) is 6.61 Å². The summed E-state index contributed by atoms with van der Waals surface area (Å²) in [6.45, 7) is 7.76. The normalized spacial score (nSPS) is 11.6. The number of rotatable bonds is 9. The molecule has 0 fully saturated rings. The zero-order valence-corrected chi connectivity index (χ0v) is 20.4. The first-order valence-electron chi connectivity index (χ1n) is 11.7. The van der Waals surface area contributed by atoms with Crippen LogP contribution in [0.4, 0.5) is 0 Å². The molecule has 0 saturated heterocycles. The Bertz CT molecular complexity index is 1290. The predicted octanol–water partition coefficient (Wildman–Crippen LogP) is 4.14. The number of imidazole rings is 1. The summed E-state index contributed by atoms with van der Waals surface area (Å²) in [5.41, 5.74) is 3.24. The number of esters is 1. The van der Waals surface area contributed by atoms with Crippen LogP contribution in [0.2, 0.25) is 0 Å². The lowest BCUT2D eigenvalue weighted by Crippen LogP contribution is -2.23. The van der Waals surface area contributed by atoms with E-state index in [-0.39, 0.29) is 6.61 Å². The van der Waals surface area contributed by atoms with Crippen LogP contribution >= 0.6 is 0 Å². The molecule has 4 aromatic rings. The van der Waals surface area contributed by atoms with Crippen LogP contribution in [-0.2, 0) is 23.3 Å². The van der Waals surface area contributed by atoms with E-state index in [4.69, 9.17) is 4.74 Å². The second kappa shape index (κ2) is 10.2. The molecular formula is C26H30N6O3. The molecule has 0 bridgehead atoms. The van der Waals surface area contributed by atoms with E-state index in [0.717, 1.165) is 34.5 Å². The highest BCUT2D eigenvalue weighted by molar-refractivity contribution is 5.89. The second-order valence-corrected chi connectivity index (χ2v) is 8.82. The Balaban J connectivity index is 1.71. The fourth-order valence-corrected chi connectivity index (χ4v) is 4.09. The van der Waals surface area contributed by atoms with Crippen molar-refractivity contribution in [2.45, 2.75) is 52.7 Å². The van der Waals surface area contributed by atoms with Gasteiger partial charge in [0.25, 0.3) is 0 Å². The summed E-state index contributed by atoms with van der Waals surface area (Å²) in [6.07, 6.45) is 1.54. The van der Waals surface area contributed by atoms with Gasteiger partial charge in [-0.05, 0) is 49.1 Å². The molecule has 0 unspecified atom stereocenters. The number of aliphatic hydroxyl groups is 1. The second-order valence-electron chi connectivity index (χ2n) is 8.82. The quantitative estimate of drug-likeness (QED) is 0.350. The number of nitrogens with zero attached hydrogens (tertiary/aromatic N) is 5. The van der Waals surface area contributed by atoms with Gasteiger partial charge >= 0.3 is 5.97 Å². The van der Waals surface area contributed by atoms with E-state index in [1.165, 1.54) is 0 Å². The fraction of sp³-hybridized carbons (Fsp3) is 0.346. The Labute approximate surface area is 204 Å². The smallest absolute Gasteiger partial charge is 0.357 e. The van der Waals surface area contributed by atoms with E-state index in [1.807, 2.05) is 53.1 Å². The Hall–Kier alpha value is -3.85. The van der Waals surface area contributed by atoms with Gasteiger partial charge in [-0.15, -0.1) is 10.2 Å². The summed E-state index contributed by atoms with van der Waals surface area (Å²) in [5.74, 6) is 0.801. The number of aromatic nitrogens is 6. The highest BCUT2D eigenvalue weighted by Gasteiger charge is 2.32. The Morgan fingerprint density at radius 2 is 1.80 bits per heavy atom. The maximum atomic E-state index is 12.9. The van der Waals surface area contributed by atoms with Crippen LogP contribution in [0.15, 0.2) is 48.5 Å². The zero-order chi connectivity index (χ0) is 25.0. The van der Waals surface area contributed by atoms with Gasteiger partial charge in [0.1, 0.15) is 17.1 Å². The fourth-order valence-electron chi connectivity index (χ4n) is 4.09. The van der Waals surface area contributed by atoms with E-state index < -0.39 is 11.6 Å². The summed E-state index contributed by atoms with van der Waals surface area (Å²) >= 11 is 0. The van der Waals surface area contributed by atoms with Crippen LogP contribution in [0.25, 0.3) is 22.5 Å². The number of carbonyl (C=O) groups excluding carboxylic acids is 1. The molecule has 9 nitrogen and oxygen atoms in total. The molecule has 0 saturated carbocycles. The summed E-state index contributed by atoms with van der Waals surface area (Å²) in [7, 11) is 0. The minimum Gasteiger partial charge on any atom is -0.461 e. The SMILES string of the molecule is CCCc1nc(C(C)(C)O)c(C(=O)OCC)n1Cc1ccc(-c2ccccc2-c2nn[nH]n2)cc1. The number of aromatic amines is 1. The molecular weight excluding hydrogens is 444 g/mol. The number of nitrogens with one attached hydrogen (secondary N) is 1. The van der Waals surface area contributed by atoms with Crippen molar-refractivity contribution < 1.29 is 14.6 Å². The minimum absolute atomic E-state index is 0.243. The van der Waals surface area contributed by atoms with Crippen molar-refractivity contribution in [1.29, 1.82) is 0 Å². The lowest BCUT2D eigenvalue weighted by Gasteiger charge is -2.17. The summed E-state index contributed by atoms with van der Waals surface area (Å²) in [6, 6.07) is 16.0. The number of ether oxygens (including phenoxy) is 1. The van der Waals surface area contributed by atoms with Gasteiger partial charge in [-0.1, -0.05) is 55.5 Å². The van der Waals surface area contributed by atoms with Gasteiger partial charge in [0.15, 0.2) is 5.69 Å². The largest absolute Gasteiger partial charge is 0.461 e. The zero-order valence-electron chi connectivity index (χ0n) is 20.4. The van der Waals surface area contributed by atoms with Crippen molar-refractivity contribution in [3.05, 3.63) is 71.3 Å². The molecule has 0 spiro atoms. The maximum absolute atomic E-state index is 12.9. The van der Waals surface area contributed by atoms with E-state index in [1.54, 1.807) is 20.8 Å². The number of H-pyrrole nitrogens is 1. The lowest BCUT2D eigenvalue weighted by atomic mass is 9.98. The molecule has 0 aliphatic carbocycles. The number of tetrazole rings is 1. The third-order valence-electron chi connectivity index (χ3n) is 5.69. The van der Waals surface area contributed by atoms with Crippen LogP contribution in [0, 0.1) is 0 Å². The van der Waals surface area contributed by atoms with E-state index in [0.29, 0.717) is 30.2 Å². The molecule has 2 aromatic heterocycles. The molecule has 0 aliphatic heterocycles. The van der Waals surface area contributed by atoms with Gasteiger partial charge in [-0.3, -0.25) is 0 Å². The number of hydrogen-bond acceptors (Lipinski definition) is 7. The standard InChI is InChI=1S/C26H30N6O3/c1-5-9-21-27-23(26(3,4)34)22(25(33)35-6-2)32(21)16-17-12-14-18(15-13-17)19-10-7-8-11-20(19)24-28-30-31-29-24/h7-8,10-15,34H,5-6,9,16H2,1-4H3,(H,28,29,30,31). The average molecular weight is 475 g/mol. The van der Waals surface area contributed by atoms with Crippen molar-refractivity contribution in [3.8, 4) is 22.5 Å². The summed E-state index contributed by atoms with van der Waals surface area (Å²) < 4.78 is 7.20. The third-order valence-corrected chi connectivity index (χ3v) is 5.69. The highest BCUT2D eigenvalue weighted by Crippen LogP contribution is 2.31. The monoisotopic (exact) mass is 474 g/mol. The average Bonchev–Trinajstić information content (AvgIpc) is 3.49. The van der Waals surface area contributed by atoms with Crippen LogP contribution in [0.3, 0.4) is 0 Å². The van der Waals surface area contributed by atoms with Crippen molar-refractivity contribution in [3.63, 3.8) is 0 Å². The topological polar surface area (TPSA) is 119 Å². The predicted molar refractivity (Wildman–Crippen MR) is 132 cm³/mol. The van der Waals surface area contributed by atoms with E-state index in [2.05, 4.69) is 32.5 Å². The molecule has 35 heavy (non-hydrogen) atoms. The maximum Gasteiger partial charge on any atom is 0.357 e. The Morgan fingerprint density at radius 3 is 2.40 bits per heavy atom. The molecule has 2 heterocycles. The number of carbonyl (C=O) groups is 1. The number of aryl methyl sites for hydroxylation is 1. The first-order chi connectivity index (χ1) is 16.8. The van der Waals surface area contributed by atoms with Crippen molar-refractivity contribution in [2.24, 2.45) is 0 Å². The molecule has 9 heteroatoms. The molecule has 0 aliphatic rings. The van der Waals surface area contributed by atoms with Crippen LogP contribution in [-0.4, -0.2) is 47.9 Å². The third kappa shape index (κ3) is 5.14. The summed E-state index contributed by atoms with van der Waals surface area (Å²) in [5, 5.41) is 25.1. The van der Waals surface area contributed by atoms with Crippen LogP contribution in [0.1, 0.15) is 61.7 Å².